The van der Waals surface area contributed by atoms with Gasteiger partial charge >= 0.3 is 5.69 Å². The van der Waals surface area contributed by atoms with Gasteiger partial charge in [-0.1, -0.05) is 0 Å². The summed E-state index contributed by atoms with van der Waals surface area (Å²) in [5, 5.41) is 7.20. The fourth-order valence-electron chi connectivity index (χ4n) is 2.66. The fourth-order valence-corrected chi connectivity index (χ4v) is 3.03. The van der Waals surface area contributed by atoms with Crippen LogP contribution in [0, 0.1) is 0 Å². The maximum atomic E-state index is 12.2. The van der Waals surface area contributed by atoms with E-state index in [1.54, 1.807) is 16.8 Å². The molecule has 0 aliphatic carbocycles. The summed E-state index contributed by atoms with van der Waals surface area (Å²) in [6.45, 7) is 1.76. The van der Waals surface area contributed by atoms with Gasteiger partial charge in [-0.15, -0.1) is 0 Å². The van der Waals surface area contributed by atoms with E-state index in [-0.39, 0.29) is 11.6 Å². The van der Waals surface area contributed by atoms with Gasteiger partial charge in [-0.25, -0.2) is 9.48 Å². The van der Waals surface area contributed by atoms with Crippen LogP contribution in [0.3, 0.4) is 0 Å². The molecule has 1 aliphatic rings. The molecule has 0 saturated carbocycles. The number of nitrogens with zero attached hydrogens (tertiary/aromatic N) is 4. The molecule has 0 radical (unpaired) electrons. The third kappa shape index (κ3) is 3.69. The van der Waals surface area contributed by atoms with Crippen LogP contribution in [0.2, 0.25) is 0 Å². The van der Waals surface area contributed by atoms with Gasteiger partial charge in [-0.05, 0) is 41.3 Å². The molecule has 1 N–H and O–H groups in total. The number of rotatable bonds is 5. The average Bonchev–Trinajstić information content (AvgIpc) is 2.88. The van der Waals surface area contributed by atoms with Gasteiger partial charge < -0.3 is 5.32 Å². The standard InChI is InChI=1S/C15H18BrN5O2/c16-12-8-11(9-17-10-12)14(22)18-5-3-7-21-15(23)20-6-2-1-4-13(20)19-21/h8-10H,1-7H2,(H,18,22). The Morgan fingerprint density at radius 2 is 2.22 bits per heavy atom. The number of carbonyl (C=O) groups excluding carboxylic acids is 1. The van der Waals surface area contributed by atoms with E-state index in [1.165, 1.54) is 10.9 Å². The first kappa shape index (κ1) is 15.9. The number of hydrogen-bond acceptors (Lipinski definition) is 4. The Morgan fingerprint density at radius 3 is 3.00 bits per heavy atom. The van der Waals surface area contributed by atoms with Crippen molar-refractivity contribution in [1.29, 1.82) is 0 Å². The topological polar surface area (TPSA) is 81.8 Å². The second kappa shape index (κ2) is 7.08. The van der Waals surface area contributed by atoms with Crippen molar-refractivity contribution in [3.63, 3.8) is 0 Å². The van der Waals surface area contributed by atoms with Gasteiger partial charge in [-0.2, -0.15) is 5.10 Å². The van der Waals surface area contributed by atoms with Gasteiger partial charge in [0.15, 0.2) is 0 Å². The fraction of sp³-hybridized carbons (Fsp3) is 0.467. The van der Waals surface area contributed by atoms with Crippen LogP contribution in [0.4, 0.5) is 0 Å². The summed E-state index contributed by atoms with van der Waals surface area (Å²) >= 11 is 3.29. The highest BCUT2D eigenvalue weighted by atomic mass is 79.9. The molecule has 0 bridgehead atoms. The van der Waals surface area contributed by atoms with Crippen molar-refractivity contribution < 1.29 is 4.79 Å². The summed E-state index contributed by atoms with van der Waals surface area (Å²) in [5.41, 5.74) is 0.469. The Labute approximate surface area is 141 Å². The van der Waals surface area contributed by atoms with E-state index in [1.807, 2.05) is 0 Å². The lowest BCUT2D eigenvalue weighted by atomic mass is 10.2. The van der Waals surface area contributed by atoms with Gasteiger partial charge in [-0.3, -0.25) is 14.3 Å². The van der Waals surface area contributed by atoms with E-state index < -0.39 is 0 Å². The first-order valence-corrected chi connectivity index (χ1v) is 8.50. The van der Waals surface area contributed by atoms with E-state index in [0.717, 1.165) is 36.1 Å². The Bertz CT molecular complexity index is 767. The summed E-state index contributed by atoms with van der Waals surface area (Å²) < 4.78 is 4.03. The van der Waals surface area contributed by atoms with Gasteiger partial charge in [0, 0.05) is 42.9 Å². The SMILES string of the molecule is O=C(NCCCn1nc2n(c1=O)CCCC2)c1cncc(Br)c1. The Kier molecular flexibility index (Phi) is 4.90. The van der Waals surface area contributed by atoms with Gasteiger partial charge in [0.05, 0.1) is 5.56 Å². The van der Waals surface area contributed by atoms with Gasteiger partial charge in [0.2, 0.25) is 0 Å². The number of nitrogens with one attached hydrogen (secondary N) is 1. The Balaban J connectivity index is 1.51. The third-order valence-corrected chi connectivity index (χ3v) is 4.26. The highest BCUT2D eigenvalue weighted by Gasteiger charge is 2.16. The molecule has 0 unspecified atom stereocenters. The molecule has 1 aliphatic heterocycles. The molecule has 3 rings (SSSR count). The van der Waals surface area contributed by atoms with Crippen molar-refractivity contribution in [1.82, 2.24) is 24.6 Å². The molecule has 23 heavy (non-hydrogen) atoms. The molecule has 3 heterocycles. The molecule has 122 valence electrons. The number of amides is 1. The van der Waals surface area contributed by atoms with E-state index >= 15 is 0 Å². The molecular weight excluding hydrogens is 362 g/mol. The predicted octanol–water partition coefficient (Wildman–Crippen LogP) is 1.36. The minimum atomic E-state index is -0.171. The number of aromatic nitrogens is 4. The lowest BCUT2D eigenvalue weighted by molar-refractivity contribution is 0.0952. The highest BCUT2D eigenvalue weighted by Crippen LogP contribution is 2.10. The predicted molar refractivity (Wildman–Crippen MR) is 88.3 cm³/mol. The number of hydrogen-bond donors (Lipinski definition) is 1. The summed E-state index contributed by atoms with van der Waals surface area (Å²) in [6.07, 6.45) is 6.80. The van der Waals surface area contributed by atoms with Crippen LogP contribution in [0.25, 0.3) is 0 Å². The summed E-state index contributed by atoms with van der Waals surface area (Å²) in [5.74, 6) is 0.709. The minimum Gasteiger partial charge on any atom is -0.352 e. The lowest BCUT2D eigenvalue weighted by Gasteiger charge is -2.09. The molecule has 0 saturated heterocycles. The maximum absolute atomic E-state index is 12.2. The zero-order valence-electron chi connectivity index (χ0n) is 12.7. The molecule has 0 spiro atoms. The minimum absolute atomic E-state index is 0.0396. The molecule has 1 amide bonds. The van der Waals surface area contributed by atoms with Crippen LogP contribution in [0.1, 0.15) is 35.4 Å². The molecule has 2 aromatic rings. The number of halogens is 1. The normalized spacial score (nSPS) is 13.6. The van der Waals surface area contributed by atoms with Crippen molar-refractivity contribution >= 4 is 21.8 Å². The van der Waals surface area contributed by atoms with Gasteiger partial charge in [0.1, 0.15) is 5.82 Å². The summed E-state index contributed by atoms with van der Waals surface area (Å²) in [6, 6.07) is 1.72. The van der Waals surface area contributed by atoms with Crippen LogP contribution < -0.4 is 11.0 Å². The van der Waals surface area contributed by atoms with E-state index in [0.29, 0.717) is 25.1 Å². The number of aryl methyl sites for hydroxylation is 2. The molecule has 2 aromatic heterocycles. The number of carbonyl (C=O) groups is 1. The second-order valence-electron chi connectivity index (χ2n) is 5.53. The van der Waals surface area contributed by atoms with E-state index in [2.05, 4.69) is 31.3 Å². The van der Waals surface area contributed by atoms with Crippen molar-refractivity contribution in [2.45, 2.75) is 38.8 Å². The molecule has 7 nitrogen and oxygen atoms in total. The third-order valence-electron chi connectivity index (χ3n) is 3.83. The summed E-state index contributed by atoms with van der Waals surface area (Å²) in [4.78, 5) is 28.1. The molecular formula is C15H18BrN5O2. The first-order valence-electron chi connectivity index (χ1n) is 7.70. The van der Waals surface area contributed by atoms with Crippen LogP contribution in [-0.2, 0) is 19.5 Å². The summed E-state index contributed by atoms with van der Waals surface area (Å²) in [7, 11) is 0. The number of pyridine rings is 1. The van der Waals surface area contributed by atoms with Crippen LogP contribution in [0.5, 0.6) is 0 Å². The molecule has 0 aromatic carbocycles. The smallest absolute Gasteiger partial charge is 0.345 e. The molecule has 8 heteroatoms. The van der Waals surface area contributed by atoms with Crippen LogP contribution in [0.15, 0.2) is 27.7 Å². The lowest BCUT2D eigenvalue weighted by Crippen LogP contribution is -2.29. The van der Waals surface area contributed by atoms with Crippen LogP contribution in [-0.4, -0.2) is 31.8 Å². The molecule has 0 atom stereocenters. The second-order valence-corrected chi connectivity index (χ2v) is 6.45. The van der Waals surface area contributed by atoms with Crippen molar-refractivity contribution in [3.8, 4) is 0 Å². The highest BCUT2D eigenvalue weighted by molar-refractivity contribution is 9.10. The van der Waals surface area contributed by atoms with Gasteiger partial charge in [0.25, 0.3) is 5.91 Å². The maximum Gasteiger partial charge on any atom is 0.345 e. The van der Waals surface area contributed by atoms with Crippen molar-refractivity contribution in [2.24, 2.45) is 0 Å². The zero-order chi connectivity index (χ0) is 16.2. The largest absolute Gasteiger partial charge is 0.352 e. The Morgan fingerprint density at radius 1 is 1.35 bits per heavy atom. The van der Waals surface area contributed by atoms with Crippen molar-refractivity contribution in [3.05, 3.63) is 44.8 Å². The average molecular weight is 380 g/mol. The zero-order valence-corrected chi connectivity index (χ0v) is 14.3. The van der Waals surface area contributed by atoms with Crippen LogP contribution >= 0.6 is 15.9 Å². The molecule has 0 fully saturated rings. The first-order chi connectivity index (χ1) is 11.1. The monoisotopic (exact) mass is 379 g/mol. The Hall–Kier alpha value is -1.96. The van der Waals surface area contributed by atoms with E-state index in [9.17, 15) is 9.59 Å². The van der Waals surface area contributed by atoms with E-state index in [4.69, 9.17) is 0 Å². The van der Waals surface area contributed by atoms with Crippen molar-refractivity contribution in [2.75, 3.05) is 6.54 Å². The quantitative estimate of drug-likeness (QED) is 0.795. The number of fused-ring (bicyclic) bond motifs is 1.